The van der Waals surface area contributed by atoms with E-state index in [0.717, 1.165) is 19.3 Å². The van der Waals surface area contributed by atoms with Crippen LogP contribution < -0.4 is 4.72 Å². The predicted molar refractivity (Wildman–Crippen MR) is 58.6 cm³/mol. The quantitative estimate of drug-likeness (QED) is 0.710. The van der Waals surface area contributed by atoms with Gasteiger partial charge in [-0.15, -0.1) is 0 Å². The van der Waals surface area contributed by atoms with Crippen molar-refractivity contribution in [3.05, 3.63) is 0 Å². The number of hydrogen-bond acceptors (Lipinski definition) is 3. The van der Waals surface area contributed by atoms with E-state index < -0.39 is 10.2 Å². The molecule has 1 unspecified atom stereocenters. The lowest BCUT2D eigenvalue weighted by molar-refractivity contribution is 0.273. The third kappa shape index (κ3) is 4.06. The molecule has 6 heteroatoms. The van der Waals surface area contributed by atoms with E-state index in [-0.39, 0.29) is 12.6 Å². The lowest BCUT2D eigenvalue weighted by Gasteiger charge is -2.27. The van der Waals surface area contributed by atoms with Crippen molar-refractivity contribution in [2.75, 3.05) is 19.7 Å². The molecule has 2 N–H and O–H groups in total. The molecular weight excluding hydrogens is 216 g/mol. The van der Waals surface area contributed by atoms with E-state index in [9.17, 15) is 8.42 Å². The van der Waals surface area contributed by atoms with Crippen molar-refractivity contribution in [3.63, 3.8) is 0 Å². The molecule has 0 amide bonds. The fourth-order valence-corrected chi connectivity index (χ4v) is 3.20. The summed E-state index contributed by atoms with van der Waals surface area (Å²) in [6.07, 6.45) is 3.44. The average Bonchev–Trinajstić information content (AvgIpc) is 2.18. The molecule has 0 aromatic heterocycles. The zero-order chi connectivity index (χ0) is 11.3. The molecular formula is C9H20N2O3S. The van der Waals surface area contributed by atoms with Gasteiger partial charge in [-0.05, 0) is 26.2 Å². The summed E-state index contributed by atoms with van der Waals surface area (Å²) in [6, 6.07) is -0.207. The molecule has 15 heavy (non-hydrogen) atoms. The Morgan fingerprint density at radius 1 is 1.33 bits per heavy atom. The molecule has 0 spiro atoms. The second-order valence-corrected chi connectivity index (χ2v) is 5.70. The molecule has 90 valence electrons. The van der Waals surface area contributed by atoms with Gasteiger partial charge in [-0.1, -0.05) is 6.42 Å². The van der Waals surface area contributed by atoms with E-state index in [1.165, 1.54) is 4.31 Å². The fraction of sp³-hybridized carbons (Fsp3) is 1.00. The first-order valence-corrected chi connectivity index (χ1v) is 6.88. The Balaban J connectivity index is 2.49. The molecule has 0 saturated carbocycles. The molecule has 0 aromatic carbocycles. The largest absolute Gasteiger partial charge is 0.396 e. The Kier molecular flexibility index (Phi) is 4.98. The van der Waals surface area contributed by atoms with Crippen molar-refractivity contribution < 1.29 is 13.5 Å². The summed E-state index contributed by atoms with van der Waals surface area (Å²) in [7, 11) is -3.33. The number of rotatable bonds is 5. The molecule has 1 saturated heterocycles. The number of piperidine rings is 1. The van der Waals surface area contributed by atoms with Crippen molar-refractivity contribution >= 4 is 10.2 Å². The lowest BCUT2D eigenvalue weighted by Crippen LogP contribution is -2.46. The first-order chi connectivity index (χ1) is 7.06. The van der Waals surface area contributed by atoms with E-state index in [0.29, 0.717) is 19.5 Å². The van der Waals surface area contributed by atoms with Crippen molar-refractivity contribution in [1.82, 2.24) is 9.03 Å². The number of aliphatic hydroxyl groups is 1. The minimum absolute atomic E-state index is 0.00366. The maximum absolute atomic E-state index is 11.8. The number of nitrogens with one attached hydrogen (secondary N) is 1. The van der Waals surface area contributed by atoms with Crippen LogP contribution in [0.4, 0.5) is 0 Å². The van der Waals surface area contributed by atoms with Gasteiger partial charge in [0.1, 0.15) is 0 Å². The van der Waals surface area contributed by atoms with Crippen LogP contribution >= 0.6 is 0 Å². The van der Waals surface area contributed by atoms with E-state index >= 15 is 0 Å². The summed E-state index contributed by atoms with van der Waals surface area (Å²) >= 11 is 0. The van der Waals surface area contributed by atoms with Crippen LogP contribution in [0.1, 0.15) is 32.6 Å². The van der Waals surface area contributed by atoms with Crippen LogP contribution in [-0.2, 0) is 10.2 Å². The molecule has 1 heterocycles. The molecule has 1 aliphatic heterocycles. The number of nitrogens with zero attached hydrogens (tertiary/aromatic N) is 1. The van der Waals surface area contributed by atoms with Gasteiger partial charge in [0.05, 0.1) is 0 Å². The Morgan fingerprint density at radius 3 is 2.47 bits per heavy atom. The third-order valence-corrected chi connectivity index (χ3v) is 4.31. The second kappa shape index (κ2) is 5.79. The van der Waals surface area contributed by atoms with Gasteiger partial charge in [0.25, 0.3) is 10.2 Å². The standard InChI is InChI=1S/C9H20N2O3S/c1-9(5-8-12)10-15(13,14)11-6-3-2-4-7-11/h9-10,12H,2-8H2,1H3. The van der Waals surface area contributed by atoms with Crippen molar-refractivity contribution in [2.24, 2.45) is 0 Å². The highest BCUT2D eigenvalue weighted by molar-refractivity contribution is 7.87. The summed E-state index contributed by atoms with van der Waals surface area (Å²) in [5.74, 6) is 0. The highest BCUT2D eigenvalue weighted by atomic mass is 32.2. The summed E-state index contributed by atoms with van der Waals surface area (Å²) in [5.41, 5.74) is 0. The molecule has 1 atom stereocenters. The van der Waals surface area contributed by atoms with Gasteiger partial charge in [0.2, 0.25) is 0 Å². The molecule has 1 aliphatic rings. The summed E-state index contributed by atoms with van der Waals surface area (Å²) in [5, 5.41) is 8.70. The van der Waals surface area contributed by atoms with Crippen LogP contribution in [-0.4, -0.2) is 43.6 Å². The normalized spacial score (nSPS) is 21.5. The molecule has 5 nitrogen and oxygen atoms in total. The molecule has 1 fully saturated rings. The van der Waals surface area contributed by atoms with Crippen LogP contribution in [0.3, 0.4) is 0 Å². The van der Waals surface area contributed by atoms with Gasteiger partial charge >= 0.3 is 0 Å². The summed E-state index contributed by atoms with van der Waals surface area (Å²) in [6.45, 7) is 2.99. The first kappa shape index (κ1) is 12.9. The highest BCUT2D eigenvalue weighted by Crippen LogP contribution is 2.12. The molecule has 0 bridgehead atoms. The molecule has 0 aliphatic carbocycles. The lowest BCUT2D eigenvalue weighted by atomic mass is 10.2. The van der Waals surface area contributed by atoms with Crippen LogP contribution in [0.15, 0.2) is 0 Å². The molecule has 0 aromatic rings. The molecule has 1 rings (SSSR count). The van der Waals surface area contributed by atoms with Gasteiger partial charge in [-0.2, -0.15) is 17.4 Å². The highest BCUT2D eigenvalue weighted by Gasteiger charge is 2.24. The predicted octanol–water partition coefficient (Wildman–Crippen LogP) is 0.0776. The van der Waals surface area contributed by atoms with Crippen molar-refractivity contribution in [2.45, 2.75) is 38.6 Å². The minimum Gasteiger partial charge on any atom is -0.396 e. The van der Waals surface area contributed by atoms with Crippen LogP contribution in [0.25, 0.3) is 0 Å². The first-order valence-electron chi connectivity index (χ1n) is 5.44. The van der Waals surface area contributed by atoms with Crippen LogP contribution in [0.5, 0.6) is 0 Å². The maximum Gasteiger partial charge on any atom is 0.279 e. The maximum atomic E-state index is 11.8. The van der Waals surface area contributed by atoms with Crippen LogP contribution in [0, 0.1) is 0 Å². The summed E-state index contributed by atoms with van der Waals surface area (Å²) < 4.78 is 27.7. The zero-order valence-electron chi connectivity index (χ0n) is 9.15. The Hall–Kier alpha value is -0.170. The van der Waals surface area contributed by atoms with E-state index in [1.54, 1.807) is 6.92 Å². The SMILES string of the molecule is CC(CCO)NS(=O)(=O)N1CCCCC1. The van der Waals surface area contributed by atoms with Gasteiger partial charge < -0.3 is 5.11 Å². The Bertz CT molecular complexity index is 273. The van der Waals surface area contributed by atoms with Gasteiger partial charge in [-0.25, -0.2) is 0 Å². The second-order valence-electron chi connectivity index (χ2n) is 4.00. The Labute approximate surface area is 91.7 Å². The van der Waals surface area contributed by atoms with Crippen molar-refractivity contribution in [3.8, 4) is 0 Å². The Morgan fingerprint density at radius 2 is 1.93 bits per heavy atom. The molecule has 0 radical (unpaired) electrons. The van der Waals surface area contributed by atoms with Gasteiger partial charge in [-0.3, -0.25) is 0 Å². The van der Waals surface area contributed by atoms with Crippen molar-refractivity contribution in [1.29, 1.82) is 0 Å². The minimum atomic E-state index is -3.33. The monoisotopic (exact) mass is 236 g/mol. The third-order valence-electron chi connectivity index (χ3n) is 2.57. The smallest absolute Gasteiger partial charge is 0.279 e. The van der Waals surface area contributed by atoms with Crippen LogP contribution in [0.2, 0.25) is 0 Å². The van der Waals surface area contributed by atoms with Gasteiger partial charge in [0, 0.05) is 25.7 Å². The zero-order valence-corrected chi connectivity index (χ0v) is 9.96. The van der Waals surface area contributed by atoms with Gasteiger partial charge in [0.15, 0.2) is 0 Å². The number of hydrogen-bond donors (Lipinski definition) is 2. The van der Waals surface area contributed by atoms with E-state index in [1.807, 2.05) is 0 Å². The van der Waals surface area contributed by atoms with E-state index in [2.05, 4.69) is 4.72 Å². The fourth-order valence-electron chi connectivity index (χ4n) is 1.69. The number of aliphatic hydroxyl groups excluding tert-OH is 1. The topological polar surface area (TPSA) is 69.6 Å². The summed E-state index contributed by atoms with van der Waals surface area (Å²) in [4.78, 5) is 0. The average molecular weight is 236 g/mol. The van der Waals surface area contributed by atoms with E-state index in [4.69, 9.17) is 5.11 Å².